The van der Waals surface area contributed by atoms with Gasteiger partial charge in [0, 0.05) is 18.4 Å². The Morgan fingerprint density at radius 1 is 1.16 bits per heavy atom. The number of nitrogens with two attached hydrogens (primary N) is 1. The molecule has 0 aliphatic carbocycles. The molecule has 0 aliphatic rings. The minimum absolute atomic E-state index is 0.00957. The lowest BCUT2D eigenvalue weighted by atomic mass is 10.1. The normalized spacial score (nSPS) is 12.1. The lowest BCUT2D eigenvalue weighted by Gasteiger charge is -2.24. The topological polar surface area (TPSA) is 113 Å². The van der Waals surface area contributed by atoms with Crippen LogP contribution in [0, 0.1) is 11.3 Å². The Bertz CT molecular complexity index is 1160. The van der Waals surface area contributed by atoms with Crippen molar-refractivity contribution < 1.29 is 17.9 Å². The minimum Gasteiger partial charge on any atom is -0.462 e. The Kier molecular flexibility index (Phi) is 7.91. The molecule has 8 heteroatoms. The lowest BCUT2D eigenvalue weighted by molar-refractivity contribution is -0.138. The number of carbonyl (C=O) groups is 1. The first kappa shape index (κ1) is 23.6. The zero-order valence-electron chi connectivity index (χ0n) is 17.3. The van der Waals surface area contributed by atoms with Crippen LogP contribution < -0.4 is 10.0 Å². The Hall–Kier alpha value is -3.67. The smallest absolute Gasteiger partial charge is 0.348 e. The van der Waals surface area contributed by atoms with Crippen LogP contribution in [0.2, 0.25) is 0 Å². The second-order valence-electron chi connectivity index (χ2n) is 6.46. The summed E-state index contributed by atoms with van der Waals surface area (Å²) in [6.07, 6.45) is 3.08. The molecule has 0 saturated carbocycles. The van der Waals surface area contributed by atoms with Gasteiger partial charge in [-0.2, -0.15) is 5.26 Å². The molecule has 0 amide bonds. The van der Waals surface area contributed by atoms with Gasteiger partial charge in [-0.25, -0.2) is 18.4 Å². The largest absolute Gasteiger partial charge is 0.462 e. The van der Waals surface area contributed by atoms with Crippen LogP contribution in [0.4, 0.5) is 5.69 Å². The van der Waals surface area contributed by atoms with Gasteiger partial charge in [0.25, 0.3) is 0 Å². The van der Waals surface area contributed by atoms with E-state index in [1.165, 1.54) is 18.2 Å². The maximum absolute atomic E-state index is 11.9. The lowest BCUT2D eigenvalue weighted by Crippen LogP contribution is -2.16. The number of ether oxygens (including phenoxy) is 1. The van der Waals surface area contributed by atoms with Gasteiger partial charge in [0.1, 0.15) is 11.6 Å². The molecule has 0 atom stereocenters. The number of allylic oxidation sites excluding steroid dienone is 3. The summed E-state index contributed by atoms with van der Waals surface area (Å²) in [4.78, 5) is 13.7. The monoisotopic (exact) mass is 437 g/mol. The van der Waals surface area contributed by atoms with Crippen molar-refractivity contribution in [2.45, 2.75) is 11.8 Å². The van der Waals surface area contributed by atoms with E-state index >= 15 is 0 Å². The molecule has 2 aromatic rings. The van der Waals surface area contributed by atoms with Gasteiger partial charge in [-0.15, -0.1) is 0 Å². The molecule has 0 aliphatic heterocycles. The molecule has 0 aromatic heterocycles. The van der Waals surface area contributed by atoms with Gasteiger partial charge >= 0.3 is 5.97 Å². The van der Waals surface area contributed by atoms with Gasteiger partial charge in [-0.1, -0.05) is 36.9 Å². The summed E-state index contributed by atoms with van der Waals surface area (Å²) in [5.74, 6) is -0.715. The second kappa shape index (κ2) is 10.4. The van der Waals surface area contributed by atoms with E-state index in [2.05, 4.69) is 6.58 Å². The molecule has 31 heavy (non-hydrogen) atoms. The molecule has 0 saturated heterocycles. The van der Waals surface area contributed by atoms with Crippen LogP contribution in [-0.2, 0) is 19.6 Å². The van der Waals surface area contributed by atoms with Crippen LogP contribution in [0.25, 0.3) is 5.70 Å². The highest BCUT2D eigenvalue weighted by Gasteiger charge is 2.14. The fourth-order valence-corrected chi connectivity index (χ4v) is 3.25. The van der Waals surface area contributed by atoms with Crippen molar-refractivity contribution in [3.63, 3.8) is 0 Å². The van der Waals surface area contributed by atoms with Gasteiger partial charge < -0.3 is 9.64 Å². The molecule has 160 valence electrons. The quantitative estimate of drug-likeness (QED) is 0.293. The number of hydrogen-bond donors (Lipinski definition) is 1. The number of carbonyl (C=O) groups excluding carboxylic acids is 1. The first-order valence-corrected chi connectivity index (χ1v) is 10.8. The minimum atomic E-state index is -3.80. The van der Waals surface area contributed by atoms with Crippen LogP contribution in [0.1, 0.15) is 12.5 Å². The Balaban J connectivity index is 2.47. The molecular weight excluding hydrogens is 414 g/mol. The number of primary sulfonamides is 1. The number of nitriles is 1. The van der Waals surface area contributed by atoms with Crippen molar-refractivity contribution in [2.75, 3.05) is 18.6 Å². The highest BCUT2D eigenvalue weighted by Crippen LogP contribution is 2.27. The fraction of sp³-hybridized carbons (Fsp3) is 0.130. The SMILES string of the molecule is C=C(/C=C(/C#N)C(=O)OCC)/C=C(/c1ccccc1)N(C)c1ccc(S(N)(=O)=O)cc1. The van der Waals surface area contributed by atoms with E-state index in [0.29, 0.717) is 17.0 Å². The Labute approximate surface area is 182 Å². The summed E-state index contributed by atoms with van der Waals surface area (Å²) in [6.45, 7) is 5.76. The van der Waals surface area contributed by atoms with E-state index in [-0.39, 0.29) is 17.1 Å². The maximum Gasteiger partial charge on any atom is 0.348 e. The average molecular weight is 438 g/mol. The fourth-order valence-electron chi connectivity index (χ4n) is 2.73. The van der Waals surface area contributed by atoms with Gasteiger partial charge in [0.15, 0.2) is 0 Å². The van der Waals surface area contributed by atoms with Crippen molar-refractivity contribution in [3.05, 3.63) is 90.0 Å². The third-order valence-electron chi connectivity index (χ3n) is 4.25. The molecule has 7 nitrogen and oxygen atoms in total. The van der Waals surface area contributed by atoms with Crippen LogP contribution in [-0.4, -0.2) is 28.0 Å². The Morgan fingerprint density at radius 2 is 1.77 bits per heavy atom. The van der Waals surface area contributed by atoms with Crippen molar-refractivity contribution in [1.82, 2.24) is 0 Å². The van der Waals surface area contributed by atoms with E-state index in [0.717, 1.165) is 5.56 Å². The molecule has 0 unspecified atom stereocenters. The van der Waals surface area contributed by atoms with Crippen LogP contribution >= 0.6 is 0 Å². The first-order valence-electron chi connectivity index (χ1n) is 9.29. The molecule has 2 aromatic carbocycles. The number of rotatable bonds is 8. The number of hydrogen-bond acceptors (Lipinski definition) is 6. The van der Waals surface area contributed by atoms with Gasteiger partial charge in [-0.3, -0.25) is 0 Å². The molecule has 0 fully saturated rings. The molecular formula is C23H23N3O4S. The maximum atomic E-state index is 11.9. The standard InChI is InChI=1S/C23H23N3O4S/c1-4-30-23(27)19(16-24)14-17(2)15-22(18-8-6-5-7-9-18)26(3)20-10-12-21(13-11-20)31(25,28)29/h5-15H,2,4H2,1,3H3,(H2,25,28,29)/b19-14-,22-15-. The Morgan fingerprint density at radius 3 is 2.29 bits per heavy atom. The zero-order valence-corrected chi connectivity index (χ0v) is 18.1. The van der Waals surface area contributed by atoms with Gasteiger partial charge in [0.05, 0.1) is 11.5 Å². The summed E-state index contributed by atoms with van der Waals surface area (Å²) in [5, 5.41) is 14.4. The van der Waals surface area contributed by atoms with Crippen molar-refractivity contribution >= 4 is 27.4 Å². The van der Waals surface area contributed by atoms with Crippen molar-refractivity contribution in [2.24, 2.45) is 5.14 Å². The summed E-state index contributed by atoms with van der Waals surface area (Å²) < 4.78 is 27.9. The molecule has 0 bridgehead atoms. The number of nitrogens with zero attached hydrogens (tertiary/aromatic N) is 2. The molecule has 0 radical (unpaired) electrons. The molecule has 2 rings (SSSR count). The summed E-state index contributed by atoms with van der Waals surface area (Å²) in [6, 6.07) is 17.4. The molecule has 0 heterocycles. The van der Waals surface area contributed by atoms with Crippen LogP contribution in [0.5, 0.6) is 0 Å². The van der Waals surface area contributed by atoms with Crippen LogP contribution in [0.3, 0.4) is 0 Å². The number of anilines is 1. The van der Waals surface area contributed by atoms with Gasteiger partial charge in [0.2, 0.25) is 10.0 Å². The van der Waals surface area contributed by atoms with E-state index in [9.17, 15) is 18.5 Å². The highest BCUT2D eigenvalue weighted by atomic mass is 32.2. The van der Waals surface area contributed by atoms with E-state index < -0.39 is 16.0 Å². The first-order chi connectivity index (χ1) is 14.7. The summed E-state index contributed by atoms with van der Waals surface area (Å²) in [7, 11) is -1.99. The summed E-state index contributed by atoms with van der Waals surface area (Å²) in [5.41, 5.74) is 2.52. The third-order valence-corrected chi connectivity index (χ3v) is 5.18. The average Bonchev–Trinajstić information content (AvgIpc) is 2.75. The molecule has 2 N–H and O–H groups in total. The van der Waals surface area contributed by atoms with Gasteiger partial charge in [-0.05, 0) is 54.5 Å². The summed E-state index contributed by atoms with van der Waals surface area (Å²) >= 11 is 0. The third kappa shape index (κ3) is 6.40. The predicted molar refractivity (Wildman–Crippen MR) is 120 cm³/mol. The van der Waals surface area contributed by atoms with Crippen molar-refractivity contribution in [3.8, 4) is 6.07 Å². The number of esters is 1. The number of benzene rings is 2. The van der Waals surface area contributed by atoms with Crippen LogP contribution in [0.15, 0.2) is 89.4 Å². The highest BCUT2D eigenvalue weighted by molar-refractivity contribution is 7.89. The second-order valence-corrected chi connectivity index (χ2v) is 8.02. The zero-order chi connectivity index (χ0) is 23.0. The van der Waals surface area contributed by atoms with E-state index in [1.54, 1.807) is 32.2 Å². The number of sulfonamides is 1. The van der Waals surface area contributed by atoms with E-state index in [4.69, 9.17) is 9.88 Å². The predicted octanol–water partition coefficient (Wildman–Crippen LogP) is 3.38. The molecule has 0 spiro atoms. The van der Waals surface area contributed by atoms with E-state index in [1.807, 2.05) is 41.3 Å². The van der Waals surface area contributed by atoms with Crippen molar-refractivity contribution in [1.29, 1.82) is 5.26 Å².